The van der Waals surface area contributed by atoms with Crippen LogP contribution in [-0.2, 0) is 0 Å². The van der Waals surface area contributed by atoms with Gasteiger partial charge in [0.25, 0.3) is 0 Å². The summed E-state index contributed by atoms with van der Waals surface area (Å²) in [5.41, 5.74) is 10.8. The summed E-state index contributed by atoms with van der Waals surface area (Å²) in [7, 11) is 0. The summed E-state index contributed by atoms with van der Waals surface area (Å²) in [4.78, 5) is 0. The molecule has 0 fully saturated rings. The molecular formula is C6H12N4O2. The lowest BCUT2D eigenvalue weighted by Gasteiger charge is -2.13. The highest BCUT2D eigenvalue weighted by atomic mass is 16.3. The number of nitrogens with two attached hydrogens (primary N) is 2. The van der Waals surface area contributed by atoms with Gasteiger partial charge in [-0.2, -0.15) is 5.10 Å². The van der Waals surface area contributed by atoms with Crippen LogP contribution in [0, 0.1) is 0 Å². The average Bonchev–Trinajstić information content (AvgIpc) is 2.49. The average molecular weight is 172 g/mol. The fraction of sp³-hybridized carbons (Fsp3) is 0.500. The number of hydrogen-bond donors (Lipinski definition) is 5. The summed E-state index contributed by atoms with van der Waals surface area (Å²) in [6.07, 6.45) is -2.05. The molecule has 0 aliphatic carbocycles. The highest BCUT2D eigenvalue weighted by Gasteiger charge is 2.18. The van der Waals surface area contributed by atoms with Gasteiger partial charge in [-0.05, 0) is 0 Å². The predicted octanol–water partition coefficient (Wildman–Crippen LogP) is -1.66. The predicted molar refractivity (Wildman–Crippen MR) is 43.0 cm³/mol. The first-order chi connectivity index (χ1) is 5.65. The van der Waals surface area contributed by atoms with Gasteiger partial charge in [0.15, 0.2) is 0 Å². The van der Waals surface area contributed by atoms with E-state index in [1.54, 1.807) is 0 Å². The number of H-pyrrole nitrogens is 1. The Bertz CT molecular complexity index is 249. The van der Waals surface area contributed by atoms with Crippen molar-refractivity contribution in [2.75, 3.05) is 12.3 Å². The standard InChI is InChI=1S/C6H12N4O2/c7-2-4(11)6(12)3-1-5(8)10-9-3/h1,4,6,11-12H,2,7H2,(H3,8,9,10). The van der Waals surface area contributed by atoms with Crippen LogP contribution < -0.4 is 11.5 Å². The Balaban J connectivity index is 2.70. The Morgan fingerprint density at radius 3 is 2.67 bits per heavy atom. The van der Waals surface area contributed by atoms with Crippen molar-refractivity contribution in [3.8, 4) is 0 Å². The molecule has 6 nitrogen and oxygen atoms in total. The van der Waals surface area contributed by atoms with Crippen LogP contribution in [-0.4, -0.2) is 33.1 Å². The second-order valence-electron chi connectivity index (χ2n) is 2.50. The maximum absolute atomic E-state index is 9.35. The molecule has 0 saturated carbocycles. The molecule has 6 heteroatoms. The zero-order chi connectivity index (χ0) is 9.14. The topological polar surface area (TPSA) is 121 Å². The van der Waals surface area contributed by atoms with Gasteiger partial charge in [0, 0.05) is 12.6 Å². The maximum Gasteiger partial charge on any atom is 0.145 e. The first-order valence-corrected chi connectivity index (χ1v) is 3.52. The van der Waals surface area contributed by atoms with E-state index in [2.05, 4.69) is 10.2 Å². The third kappa shape index (κ3) is 1.73. The number of rotatable bonds is 3. The number of nitrogens with zero attached hydrogens (tertiary/aromatic N) is 1. The first kappa shape index (κ1) is 8.98. The lowest BCUT2D eigenvalue weighted by atomic mass is 10.1. The highest BCUT2D eigenvalue weighted by molar-refractivity contribution is 5.29. The number of anilines is 1. The zero-order valence-electron chi connectivity index (χ0n) is 6.44. The van der Waals surface area contributed by atoms with E-state index in [1.165, 1.54) is 6.07 Å². The molecule has 0 amide bonds. The smallest absolute Gasteiger partial charge is 0.145 e. The van der Waals surface area contributed by atoms with Gasteiger partial charge < -0.3 is 21.7 Å². The molecule has 7 N–H and O–H groups in total. The van der Waals surface area contributed by atoms with Gasteiger partial charge in [-0.15, -0.1) is 0 Å². The third-order valence-corrected chi connectivity index (χ3v) is 1.54. The normalized spacial score (nSPS) is 15.9. The minimum absolute atomic E-state index is 0.0138. The summed E-state index contributed by atoms with van der Waals surface area (Å²) in [6.45, 7) is -0.0138. The zero-order valence-corrected chi connectivity index (χ0v) is 6.44. The molecule has 0 bridgehead atoms. The number of aliphatic hydroxyl groups excluding tert-OH is 2. The number of hydrogen-bond acceptors (Lipinski definition) is 5. The van der Waals surface area contributed by atoms with E-state index in [-0.39, 0.29) is 12.4 Å². The molecule has 0 saturated heterocycles. The highest BCUT2D eigenvalue weighted by Crippen LogP contribution is 2.14. The second kappa shape index (κ2) is 3.53. The van der Waals surface area contributed by atoms with E-state index in [9.17, 15) is 5.11 Å². The van der Waals surface area contributed by atoms with E-state index in [0.717, 1.165) is 0 Å². The molecule has 0 aliphatic rings. The largest absolute Gasteiger partial charge is 0.389 e. The quantitative estimate of drug-likeness (QED) is 0.374. The Morgan fingerprint density at radius 2 is 2.25 bits per heavy atom. The number of nitrogens with one attached hydrogen (secondary N) is 1. The monoisotopic (exact) mass is 172 g/mol. The van der Waals surface area contributed by atoms with Gasteiger partial charge in [0.2, 0.25) is 0 Å². The molecule has 1 aromatic heterocycles. The fourth-order valence-corrected chi connectivity index (χ4v) is 0.841. The van der Waals surface area contributed by atoms with Gasteiger partial charge in [0.05, 0.1) is 11.8 Å². The van der Waals surface area contributed by atoms with Crippen LogP contribution in [0.2, 0.25) is 0 Å². The SMILES string of the molecule is NCC(O)C(O)c1cc(N)n[nH]1. The lowest BCUT2D eigenvalue weighted by Crippen LogP contribution is -2.27. The Hall–Kier alpha value is -1.11. The van der Waals surface area contributed by atoms with Crippen molar-refractivity contribution in [3.63, 3.8) is 0 Å². The van der Waals surface area contributed by atoms with E-state index >= 15 is 0 Å². The van der Waals surface area contributed by atoms with Gasteiger partial charge in [-0.25, -0.2) is 0 Å². The Labute approximate surface area is 69.2 Å². The van der Waals surface area contributed by atoms with Gasteiger partial charge in [-0.3, -0.25) is 5.10 Å². The minimum atomic E-state index is -1.06. The van der Waals surface area contributed by atoms with Crippen LogP contribution in [0.1, 0.15) is 11.8 Å². The summed E-state index contributed by atoms with van der Waals surface area (Å²) >= 11 is 0. The molecule has 1 heterocycles. The molecular weight excluding hydrogens is 160 g/mol. The molecule has 0 spiro atoms. The molecule has 68 valence electrons. The van der Waals surface area contributed by atoms with Crippen molar-refractivity contribution < 1.29 is 10.2 Å². The molecule has 1 aromatic rings. The lowest BCUT2D eigenvalue weighted by molar-refractivity contribution is 0.0217. The van der Waals surface area contributed by atoms with Gasteiger partial charge in [-0.1, -0.05) is 0 Å². The van der Waals surface area contributed by atoms with Crippen molar-refractivity contribution in [1.82, 2.24) is 10.2 Å². The van der Waals surface area contributed by atoms with Crippen LogP contribution in [0.15, 0.2) is 6.07 Å². The second-order valence-corrected chi connectivity index (χ2v) is 2.50. The molecule has 2 atom stereocenters. The van der Waals surface area contributed by atoms with Gasteiger partial charge in [0.1, 0.15) is 11.9 Å². The summed E-state index contributed by atoms with van der Waals surface area (Å²) in [5.74, 6) is 0.272. The van der Waals surface area contributed by atoms with E-state index in [0.29, 0.717) is 5.69 Å². The van der Waals surface area contributed by atoms with Crippen LogP contribution in [0.3, 0.4) is 0 Å². The fourth-order valence-electron chi connectivity index (χ4n) is 0.841. The van der Waals surface area contributed by atoms with Crippen LogP contribution in [0.25, 0.3) is 0 Å². The Morgan fingerprint density at radius 1 is 1.58 bits per heavy atom. The summed E-state index contributed by atoms with van der Waals surface area (Å²) < 4.78 is 0. The summed E-state index contributed by atoms with van der Waals surface area (Å²) in [6, 6.07) is 1.45. The molecule has 12 heavy (non-hydrogen) atoms. The first-order valence-electron chi connectivity index (χ1n) is 3.52. The van der Waals surface area contributed by atoms with Crippen molar-refractivity contribution in [3.05, 3.63) is 11.8 Å². The summed E-state index contributed by atoms with van der Waals surface area (Å²) in [5, 5.41) is 24.5. The number of aromatic nitrogens is 2. The number of nitrogen functional groups attached to an aromatic ring is 1. The third-order valence-electron chi connectivity index (χ3n) is 1.54. The van der Waals surface area contributed by atoms with Crippen molar-refractivity contribution in [2.45, 2.75) is 12.2 Å². The van der Waals surface area contributed by atoms with Crippen molar-refractivity contribution in [2.24, 2.45) is 5.73 Å². The minimum Gasteiger partial charge on any atom is -0.389 e. The molecule has 0 aromatic carbocycles. The van der Waals surface area contributed by atoms with Crippen LogP contribution in [0.4, 0.5) is 5.82 Å². The number of aliphatic hydroxyl groups is 2. The number of aromatic amines is 1. The van der Waals surface area contributed by atoms with Crippen molar-refractivity contribution >= 4 is 5.82 Å². The van der Waals surface area contributed by atoms with Gasteiger partial charge >= 0.3 is 0 Å². The molecule has 2 unspecified atom stereocenters. The molecule has 1 rings (SSSR count). The molecule has 0 aliphatic heterocycles. The molecule has 0 radical (unpaired) electrons. The van der Waals surface area contributed by atoms with Crippen LogP contribution in [0.5, 0.6) is 0 Å². The van der Waals surface area contributed by atoms with E-state index < -0.39 is 12.2 Å². The van der Waals surface area contributed by atoms with Crippen molar-refractivity contribution in [1.29, 1.82) is 0 Å². The Kier molecular flexibility index (Phi) is 2.64. The van der Waals surface area contributed by atoms with E-state index in [1.807, 2.05) is 0 Å². The maximum atomic E-state index is 9.35. The van der Waals surface area contributed by atoms with Crippen LogP contribution >= 0.6 is 0 Å². The van der Waals surface area contributed by atoms with E-state index in [4.69, 9.17) is 16.6 Å².